The van der Waals surface area contributed by atoms with E-state index in [9.17, 15) is 4.79 Å². The number of carbonyl (C=O) groups excluding carboxylic acids is 1. The molecule has 3 aromatic heterocycles. The average molecular weight is 289 g/mol. The molecule has 22 heavy (non-hydrogen) atoms. The van der Waals surface area contributed by atoms with Crippen molar-refractivity contribution < 1.29 is 4.79 Å². The van der Waals surface area contributed by atoms with E-state index < -0.39 is 0 Å². The van der Waals surface area contributed by atoms with Crippen LogP contribution in [0.2, 0.25) is 0 Å². The zero-order valence-electron chi connectivity index (χ0n) is 11.4. The van der Waals surface area contributed by atoms with Crippen LogP contribution in [0.15, 0.2) is 59.6 Å². The van der Waals surface area contributed by atoms with Crippen LogP contribution in [0.4, 0.5) is 0 Å². The first-order chi connectivity index (χ1) is 10.8. The molecule has 0 fully saturated rings. The standard InChI is InChI=1S/C16H11N5O/c22-16-13(20-15(21-16)12-5-1-2-6-17-12)8-10-9-19-14-11(10)4-3-7-18-14/h1-9H,(H,18,19)(H,20,21,22). The van der Waals surface area contributed by atoms with Crippen molar-refractivity contribution in [2.45, 2.75) is 0 Å². The van der Waals surface area contributed by atoms with Gasteiger partial charge < -0.3 is 10.3 Å². The number of aromatic amines is 1. The minimum absolute atomic E-state index is 0.237. The molecule has 0 spiro atoms. The predicted octanol–water partition coefficient (Wildman–Crippen LogP) is 1.88. The van der Waals surface area contributed by atoms with Crippen LogP contribution in [-0.2, 0) is 4.79 Å². The molecule has 0 radical (unpaired) electrons. The van der Waals surface area contributed by atoms with Gasteiger partial charge in [0.25, 0.3) is 5.91 Å². The Balaban J connectivity index is 1.76. The lowest BCUT2D eigenvalue weighted by Gasteiger charge is -1.97. The monoisotopic (exact) mass is 289 g/mol. The van der Waals surface area contributed by atoms with Crippen LogP contribution in [-0.4, -0.2) is 26.7 Å². The van der Waals surface area contributed by atoms with Crippen LogP contribution in [0.5, 0.6) is 0 Å². The molecule has 6 nitrogen and oxygen atoms in total. The molecule has 6 heteroatoms. The molecule has 0 saturated heterocycles. The molecule has 0 unspecified atom stereocenters. The molecular weight excluding hydrogens is 278 g/mol. The van der Waals surface area contributed by atoms with Crippen molar-refractivity contribution in [3.63, 3.8) is 0 Å². The molecule has 0 aliphatic carbocycles. The average Bonchev–Trinajstić information content (AvgIpc) is 3.13. The molecule has 2 N–H and O–H groups in total. The summed E-state index contributed by atoms with van der Waals surface area (Å²) in [5.74, 6) is 0.230. The third-order valence-electron chi connectivity index (χ3n) is 3.38. The van der Waals surface area contributed by atoms with Gasteiger partial charge in [0.15, 0.2) is 5.84 Å². The van der Waals surface area contributed by atoms with Gasteiger partial charge in [-0.15, -0.1) is 0 Å². The maximum absolute atomic E-state index is 12.1. The number of carbonyl (C=O) groups is 1. The van der Waals surface area contributed by atoms with Gasteiger partial charge in [-0.1, -0.05) is 6.07 Å². The number of hydrogen-bond acceptors (Lipinski definition) is 4. The van der Waals surface area contributed by atoms with Gasteiger partial charge in [-0.3, -0.25) is 9.78 Å². The number of rotatable bonds is 2. The van der Waals surface area contributed by atoms with Crippen LogP contribution >= 0.6 is 0 Å². The van der Waals surface area contributed by atoms with Crippen molar-refractivity contribution in [2.75, 3.05) is 0 Å². The predicted molar refractivity (Wildman–Crippen MR) is 83.0 cm³/mol. The normalized spacial score (nSPS) is 16.1. The highest BCUT2D eigenvalue weighted by atomic mass is 16.2. The zero-order valence-corrected chi connectivity index (χ0v) is 11.4. The maximum Gasteiger partial charge on any atom is 0.275 e. The number of aliphatic imine (C=N–C) groups is 1. The quantitative estimate of drug-likeness (QED) is 0.706. The largest absolute Gasteiger partial charge is 0.346 e. The first-order valence-electron chi connectivity index (χ1n) is 6.76. The van der Waals surface area contributed by atoms with E-state index in [0.29, 0.717) is 17.2 Å². The Morgan fingerprint density at radius 3 is 2.82 bits per heavy atom. The fraction of sp³-hybridized carbons (Fsp3) is 0. The molecule has 0 bridgehead atoms. The van der Waals surface area contributed by atoms with E-state index in [1.165, 1.54) is 0 Å². The zero-order chi connectivity index (χ0) is 14.9. The maximum atomic E-state index is 12.1. The van der Waals surface area contributed by atoms with E-state index >= 15 is 0 Å². The molecule has 4 heterocycles. The van der Waals surface area contributed by atoms with Gasteiger partial charge >= 0.3 is 0 Å². The van der Waals surface area contributed by atoms with Gasteiger partial charge in [0.2, 0.25) is 0 Å². The van der Waals surface area contributed by atoms with E-state index in [1.807, 2.05) is 30.5 Å². The smallest absolute Gasteiger partial charge is 0.275 e. The number of nitrogens with one attached hydrogen (secondary N) is 2. The third-order valence-corrected chi connectivity index (χ3v) is 3.38. The summed E-state index contributed by atoms with van der Waals surface area (Å²) >= 11 is 0. The molecule has 106 valence electrons. The highest BCUT2D eigenvalue weighted by Gasteiger charge is 2.22. The molecule has 0 aromatic carbocycles. The highest BCUT2D eigenvalue weighted by Crippen LogP contribution is 2.20. The summed E-state index contributed by atoms with van der Waals surface area (Å²) in [6.07, 6.45) is 6.93. The van der Waals surface area contributed by atoms with Gasteiger partial charge in [0.05, 0.1) is 0 Å². The van der Waals surface area contributed by atoms with Crippen molar-refractivity contribution in [1.29, 1.82) is 0 Å². The Morgan fingerprint density at radius 1 is 1.05 bits per heavy atom. The van der Waals surface area contributed by atoms with E-state index in [-0.39, 0.29) is 5.91 Å². The molecule has 0 atom stereocenters. The number of fused-ring (bicyclic) bond motifs is 1. The minimum atomic E-state index is -0.237. The van der Waals surface area contributed by atoms with Crippen LogP contribution < -0.4 is 5.32 Å². The number of amides is 1. The molecule has 1 amide bonds. The lowest BCUT2D eigenvalue weighted by Crippen LogP contribution is -2.25. The second-order valence-electron chi connectivity index (χ2n) is 4.80. The van der Waals surface area contributed by atoms with E-state index in [4.69, 9.17) is 0 Å². The summed E-state index contributed by atoms with van der Waals surface area (Å²) in [7, 11) is 0. The van der Waals surface area contributed by atoms with E-state index in [2.05, 4.69) is 25.3 Å². The summed E-state index contributed by atoms with van der Waals surface area (Å²) in [6, 6.07) is 9.27. The van der Waals surface area contributed by atoms with Gasteiger partial charge in [-0.05, 0) is 30.3 Å². The van der Waals surface area contributed by atoms with Gasteiger partial charge in [-0.2, -0.15) is 0 Å². The Morgan fingerprint density at radius 2 is 1.95 bits per heavy atom. The second kappa shape index (κ2) is 4.92. The Labute approximate surface area is 125 Å². The van der Waals surface area contributed by atoms with Crippen molar-refractivity contribution >= 4 is 28.9 Å². The van der Waals surface area contributed by atoms with E-state index in [0.717, 1.165) is 16.6 Å². The molecule has 1 aliphatic heterocycles. The molecule has 1 aliphatic rings. The fourth-order valence-electron chi connectivity index (χ4n) is 2.34. The van der Waals surface area contributed by atoms with Crippen molar-refractivity contribution in [3.8, 4) is 0 Å². The summed E-state index contributed by atoms with van der Waals surface area (Å²) in [4.78, 5) is 27.9. The molecule has 4 rings (SSSR count). The second-order valence-corrected chi connectivity index (χ2v) is 4.80. The minimum Gasteiger partial charge on any atom is -0.346 e. The first-order valence-corrected chi connectivity index (χ1v) is 6.76. The van der Waals surface area contributed by atoms with Crippen molar-refractivity contribution in [3.05, 3.63) is 65.9 Å². The number of hydrogen-bond donors (Lipinski definition) is 2. The molecule has 0 saturated carbocycles. The van der Waals surface area contributed by atoms with Crippen LogP contribution in [0.3, 0.4) is 0 Å². The topological polar surface area (TPSA) is 83.0 Å². The molecule has 3 aromatic rings. The fourth-order valence-corrected chi connectivity index (χ4v) is 2.34. The lowest BCUT2D eigenvalue weighted by molar-refractivity contribution is -0.115. The van der Waals surface area contributed by atoms with Crippen LogP contribution in [0.1, 0.15) is 11.3 Å². The van der Waals surface area contributed by atoms with Crippen LogP contribution in [0, 0.1) is 0 Å². The number of aromatic nitrogens is 3. The Bertz CT molecular complexity index is 924. The van der Waals surface area contributed by atoms with Gasteiger partial charge in [-0.25, -0.2) is 9.98 Å². The Hall–Kier alpha value is -3.28. The SMILES string of the molecule is O=C1NC(c2ccccn2)=NC1=Cc1c[nH]c2ncccc12. The molecular formula is C16H11N5O. The van der Waals surface area contributed by atoms with Gasteiger partial charge in [0, 0.05) is 29.5 Å². The van der Waals surface area contributed by atoms with Crippen molar-refractivity contribution in [1.82, 2.24) is 20.3 Å². The summed E-state index contributed by atoms with van der Waals surface area (Å²) in [5, 5.41) is 3.68. The van der Waals surface area contributed by atoms with E-state index in [1.54, 1.807) is 24.5 Å². The highest BCUT2D eigenvalue weighted by molar-refractivity contribution is 6.19. The summed E-state index contributed by atoms with van der Waals surface area (Å²) in [5.41, 5.74) is 2.64. The number of amidine groups is 1. The van der Waals surface area contributed by atoms with Gasteiger partial charge in [0.1, 0.15) is 17.0 Å². The van der Waals surface area contributed by atoms with Crippen LogP contribution in [0.25, 0.3) is 17.1 Å². The van der Waals surface area contributed by atoms with Crippen molar-refractivity contribution in [2.24, 2.45) is 4.99 Å². The number of H-pyrrole nitrogens is 1. The lowest BCUT2D eigenvalue weighted by atomic mass is 10.2. The first kappa shape index (κ1) is 12.5. The number of nitrogens with zero attached hydrogens (tertiary/aromatic N) is 3. The third kappa shape index (κ3) is 2.07. The summed E-state index contributed by atoms with van der Waals surface area (Å²) in [6.45, 7) is 0. The number of pyridine rings is 2. The Kier molecular flexibility index (Phi) is 2.79. The summed E-state index contributed by atoms with van der Waals surface area (Å²) < 4.78 is 0.